The van der Waals surface area contributed by atoms with Gasteiger partial charge in [-0.25, -0.2) is 0 Å². The van der Waals surface area contributed by atoms with E-state index in [9.17, 15) is 0 Å². The second kappa shape index (κ2) is 13.0. The zero-order valence-electron chi connectivity index (χ0n) is 33.6. The van der Waals surface area contributed by atoms with Crippen molar-refractivity contribution < 1.29 is 4.74 Å². The van der Waals surface area contributed by atoms with E-state index < -0.39 is 5.41 Å². The van der Waals surface area contributed by atoms with Crippen molar-refractivity contribution in [2.75, 3.05) is 4.90 Å². The zero-order chi connectivity index (χ0) is 40.0. The number of hydrogen-bond donors (Lipinski definition) is 0. The molecule has 9 aromatic rings. The van der Waals surface area contributed by atoms with Crippen molar-refractivity contribution in [3.05, 3.63) is 246 Å². The Morgan fingerprint density at radius 1 is 0.333 bits per heavy atom. The third-order valence-electron chi connectivity index (χ3n) is 13.3. The van der Waals surface area contributed by atoms with Gasteiger partial charge in [0.1, 0.15) is 11.5 Å². The predicted octanol–water partition coefficient (Wildman–Crippen LogP) is 15.3. The minimum Gasteiger partial charge on any atom is -0.457 e. The van der Waals surface area contributed by atoms with Crippen LogP contribution >= 0.6 is 0 Å². The molecule has 0 N–H and O–H groups in total. The Bertz CT molecular complexity index is 3160. The molecule has 1 aliphatic heterocycles. The van der Waals surface area contributed by atoms with E-state index >= 15 is 0 Å². The van der Waals surface area contributed by atoms with Crippen molar-refractivity contribution in [1.29, 1.82) is 0 Å². The van der Waals surface area contributed by atoms with Gasteiger partial charge in [-0.05, 0) is 104 Å². The van der Waals surface area contributed by atoms with Crippen LogP contribution in [-0.4, -0.2) is 0 Å². The molecule has 0 bridgehead atoms. The van der Waals surface area contributed by atoms with Gasteiger partial charge in [0, 0.05) is 33.5 Å². The molecule has 1 atom stereocenters. The zero-order valence-corrected chi connectivity index (χ0v) is 33.6. The quantitative estimate of drug-likeness (QED) is 0.173. The van der Waals surface area contributed by atoms with E-state index in [0.717, 1.165) is 45.3 Å². The van der Waals surface area contributed by atoms with Crippen LogP contribution in [0.2, 0.25) is 0 Å². The molecule has 2 heteroatoms. The first-order valence-corrected chi connectivity index (χ1v) is 20.9. The molecular formula is C58H41NO. The average molecular weight is 768 g/mol. The Balaban J connectivity index is 1.13. The number of anilines is 3. The van der Waals surface area contributed by atoms with Crippen LogP contribution in [0.4, 0.5) is 17.1 Å². The molecule has 1 spiro atoms. The van der Waals surface area contributed by atoms with Crippen LogP contribution in [0.5, 0.6) is 11.5 Å². The molecule has 9 aromatic carbocycles. The number of para-hydroxylation sites is 2. The van der Waals surface area contributed by atoms with Crippen LogP contribution in [0.25, 0.3) is 44.5 Å². The first kappa shape index (κ1) is 34.6. The maximum absolute atomic E-state index is 6.92. The molecule has 2 nitrogen and oxygen atoms in total. The third kappa shape index (κ3) is 4.88. The summed E-state index contributed by atoms with van der Waals surface area (Å²) in [6.07, 6.45) is 0. The molecule has 3 aliphatic rings. The Morgan fingerprint density at radius 3 is 1.58 bits per heavy atom. The van der Waals surface area contributed by atoms with E-state index in [2.05, 4.69) is 231 Å². The molecule has 284 valence electrons. The number of nitrogens with zero attached hydrogens (tertiary/aromatic N) is 1. The standard InChI is InChI=1S/C58H41NO/c1-57(2)48-24-12-9-22-44(48)46-32-30-41(36-52(46)57)59(54-27-15-11-21-43(54)39-19-7-4-8-20-39)42-31-33-47-45-23-10-13-25-49(45)58(53(47)37-42)50-26-14-16-28-55(50)60-56-35-40(29-34-51(56)58)38-17-5-3-6-18-38/h3-37H,1-2H3. The minimum atomic E-state index is -0.618. The van der Waals surface area contributed by atoms with Gasteiger partial charge in [-0.3, -0.25) is 0 Å². The Morgan fingerprint density at radius 2 is 0.850 bits per heavy atom. The van der Waals surface area contributed by atoms with Crippen molar-refractivity contribution in [3.63, 3.8) is 0 Å². The summed E-state index contributed by atoms with van der Waals surface area (Å²) in [5.74, 6) is 1.77. The topological polar surface area (TPSA) is 12.5 Å². The highest BCUT2D eigenvalue weighted by molar-refractivity contribution is 5.94. The van der Waals surface area contributed by atoms with E-state index in [1.165, 1.54) is 61.2 Å². The summed E-state index contributed by atoms with van der Waals surface area (Å²) in [6.45, 7) is 4.73. The molecule has 0 aromatic heterocycles. The smallest absolute Gasteiger partial charge is 0.132 e. The molecule has 1 heterocycles. The van der Waals surface area contributed by atoms with Crippen LogP contribution in [0.3, 0.4) is 0 Å². The van der Waals surface area contributed by atoms with Crippen LogP contribution in [-0.2, 0) is 10.8 Å². The Kier molecular flexibility index (Phi) is 7.52. The lowest BCUT2D eigenvalue weighted by molar-refractivity contribution is 0.436. The predicted molar refractivity (Wildman–Crippen MR) is 247 cm³/mol. The van der Waals surface area contributed by atoms with Gasteiger partial charge < -0.3 is 9.64 Å². The molecule has 0 fully saturated rings. The van der Waals surface area contributed by atoms with E-state index in [4.69, 9.17) is 4.74 Å². The van der Waals surface area contributed by atoms with Crippen molar-refractivity contribution in [1.82, 2.24) is 0 Å². The molecule has 2 aliphatic carbocycles. The van der Waals surface area contributed by atoms with Gasteiger partial charge in [0.15, 0.2) is 0 Å². The lowest BCUT2D eigenvalue weighted by Gasteiger charge is -2.40. The van der Waals surface area contributed by atoms with E-state index in [0.29, 0.717) is 0 Å². The highest BCUT2D eigenvalue weighted by Crippen LogP contribution is 2.63. The average Bonchev–Trinajstić information content (AvgIpc) is 3.72. The lowest BCUT2D eigenvalue weighted by Crippen LogP contribution is -2.32. The Hall–Kier alpha value is -7.42. The van der Waals surface area contributed by atoms with Crippen molar-refractivity contribution in [3.8, 4) is 56.0 Å². The number of benzene rings is 9. The summed E-state index contributed by atoms with van der Waals surface area (Å²) in [4.78, 5) is 2.49. The number of ether oxygens (including phenoxy) is 1. The maximum atomic E-state index is 6.92. The number of rotatable bonds is 5. The van der Waals surface area contributed by atoms with Crippen LogP contribution < -0.4 is 9.64 Å². The normalized spacial score (nSPS) is 15.8. The van der Waals surface area contributed by atoms with E-state index in [1.807, 2.05) is 0 Å². The summed E-state index contributed by atoms with van der Waals surface area (Å²) >= 11 is 0. The van der Waals surface area contributed by atoms with Crippen LogP contribution in [0.1, 0.15) is 47.2 Å². The lowest BCUT2D eigenvalue weighted by atomic mass is 9.66. The van der Waals surface area contributed by atoms with Crippen molar-refractivity contribution in [2.45, 2.75) is 24.7 Å². The van der Waals surface area contributed by atoms with Crippen molar-refractivity contribution >= 4 is 17.1 Å². The first-order valence-electron chi connectivity index (χ1n) is 20.9. The summed E-state index contributed by atoms with van der Waals surface area (Å²) in [7, 11) is 0. The van der Waals surface area contributed by atoms with Crippen LogP contribution in [0, 0.1) is 0 Å². The second-order valence-corrected chi connectivity index (χ2v) is 16.8. The van der Waals surface area contributed by atoms with E-state index in [-0.39, 0.29) is 5.41 Å². The fourth-order valence-electron chi connectivity index (χ4n) is 10.6. The molecule has 0 saturated heterocycles. The van der Waals surface area contributed by atoms with Crippen LogP contribution in [0.15, 0.2) is 212 Å². The SMILES string of the molecule is CC1(C)c2ccccc2-c2ccc(N(c3ccc4c(c3)C3(c5ccccc5Oc5cc(-c6ccccc6)ccc53)c3ccccc3-4)c3ccccc3-c3ccccc3)cc21. The highest BCUT2D eigenvalue weighted by Gasteiger charge is 2.51. The molecule has 0 radical (unpaired) electrons. The third-order valence-corrected chi connectivity index (χ3v) is 13.3. The van der Waals surface area contributed by atoms with Gasteiger partial charge in [-0.2, -0.15) is 0 Å². The summed E-state index contributed by atoms with van der Waals surface area (Å²) in [5.41, 5.74) is 19.9. The first-order chi connectivity index (χ1) is 29.5. The second-order valence-electron chi connectivity index (χ2n) is 16.8. The fraction of sp³-hybridized carbons (Fsp3) is 0.0690. The van der Waals surface area contributed by atoms with Gasteiger partial charge in [0.2, 0.25) is 0 Å². The summed E-state index contributed by atoms with van der Waals surface area (Å²) in [5, 5.41) is 0. The number of hydrogen-bond acceptors (Lipinski definition) is 2. The Labute approximate surface area is 351 Å². The summed E-state index contributed by atoms with van der Waals surface area (Å²) in [6, 6.07) is 77.8. The van der Waals surface area contributed by atoms with Gasteiger partial charge in [0.05, 0.1) is 11.1 Å². The van der Waals surface area contributed by atoms with Gasteiger partial charge >= 0.3 is 0 Å². The molecule has 0 amide bonds. The van der Waals surface area contributed by atoms with Gasteiger partial charge in [0.25, 0.3) is 0 Å². The minimum absolute atomic E-state index is 0.148. The molecule has 0 saturated carbocycles. The molecule has 12 rings (SSSR count). The molecular weight excluding hydrogens is 727 g/mol. The highest BCUT2D eigenvalue weighted by atomic mass is 16.5. The van der Waals surface area contributed by atoms with Gasteiger partial charge in [-0.15, -0.1) is 0 Å². The fourth-order valence-corrected chi connectivity index (χ4v) is 10.6. The maximum Gasteiger partial charge on any atom is 0.132 e. The van der Waals surface area contributed by atoms with E-state index in [1.54, 1.807) is 0 Å². The van der Waals surface area contributed by atoms with Crippen molar-refractivity contribution in [2.24, 2.45) is 0 Å². The largest absolute Gasteiger partial charge is 0.457 e. The molecule has 1 unspecified atom stereocenters. The monoisotopic (exact) mass is 767 g/mol. The number of fused-ring (bicyclic) bond motifs is 12. The molecule has 60 heavy (non-hydrogen) atoms. The van der Waals surface area contributed by atoms with Gasteiger partial charge in [-0.1, -0.05) is 184 Å². The summed E-state index contributed by atoms with van der Waals surface area (Å²) < 4.78 is 6.92.